The number of nitrogens with one attached hydrogen (secondary N) is 1. The van der Waals surface area contributed by atoms with Crippen molar-refractivity contribution in [2.75, 3.05) is 4.72 Å². The zero-order chi connectivity index (χ0) is 18.1. The molecule has 1 amide bonds. The zero-order valence-corrected chi connectivity index (χ0v) is 13.2. The molecule has 1 aliphatic rings. The largest absolute Gasteiger partial charge is 0.516 e. The maximum Gasteiger partial charge on any atom is 0.516 e. The van der Waals surface area contributed by atoms with Crippen molar-refractivity contribution in [2.24, 2.45) is 5.16 Å². The maximum absolute atomic E-state index is 12.5. The fraction of sp³-hybridized carbons (Fsp3) is 0.385. The van der Waals surface area contributed by atoms with Gasteiger partial charge in [-0.1, -0.05) is 23.4 Å². The molecule has 0 spiro atoms. The van der Waals surface area contributed by atoms with Crippen molar-refractivity contribution in [3.05, 3.63) is 29.8 Å². The molecule has 0 saturated carbocycles. The third kappa shape index (κ3) is 3.45. The predicted octanol–water partition coefficient (Wildman–Crippen LogP) is 1.90. The van der Waals surface area contributed by atoms with Crippen LogP contribution in [0.1, 0.15) is 18.9 Å². The second-order valence-electron chi connectivity index (χ2n) is 5.24. The summed E-state index contributed by atoms with van der Waals surface area (Å²) in [6, 6.07) is 5.11. The van der Waals surface area contributed by atoms with Crippen LogP contribution in [-0.4, -0.2) is 41.7 Å². The first-order valence-corrected chi connectivity index (χ1v) is 8.24. The van der Waals surface area contributed by atoms with Gasteiger partial charge >= 0.3 is 15.5 Å². The number of halogens is 3. The molecule has 132 valence electrons. The van der Waals surface area contributed by atoms with Crippen LogP contribution in [0.15, 0.2) is 29.4 Å². The number of alkyl halides is 3. The van der Waals surface area contributed by atoms with Crippen LogP contribution < -0.4 is 4.72 Å². The Morgan fingerprint density at radius 2 is 2.00 bits per heavy atom. The summed E-state index contributed by atoms with van der Waals surface area (Å²) < 4.78 is 61.6. The minimum atomic E-state index is -5.57. The van der Waals surface area contributed by atoms with Crippen molar-refractivity contribution < 1.29 is 31.6 Å². The molecule has 1 saturated heterocycles. The lowest BCUT2D eigenvalue weighted by molar-refractivity contribution is -0.124. The average molecular weight is 365 g/mol. The van der Waals surface area contributed by atoms with E-state index in [1.54, 1.807) is 6.92 Å². The number of likely N-dealkylation sites (tertiary alicyclic amines) is 1. The third-order valence-electron chi connectivity index (χ3n) is 3.56. The van der Waals surface area contributed by atoms with E-state index >= 15 is 0 Å². The Bertz CT molecular complexity index is 777. The first kappa shape index (κ1) is 18.0. The molecule has 1 unspecified atom stereocenters. The van der Waals surface area contributed by atoms with Gasteiger partial charge in [-0.2, -0.15) is 21.6 Å². The fourth-order valence-corrected chi connectivity index (χ4v) is 2.90. The number of carbonyl (C=O) groups excluding carboxylic acids is 1. The summed E-state index contributed by atoms with van der Waals surface area (Å²) in [5.74, 6) is -0.557. The van der Waals surface area contributed by atoms with Crippen molar-refractivity contribution in [3.63, 3.8) is 0 Å². The lowest BCUT2D eigenvalue weighted by Crippen LogP contribution is -2.33. The molecule has 1 aromatic carbocycles. The number of rotatable bonds is 4. The molecule has 7 nitrogen and oxygen atoms in total. The molecule has 24 heavy (non-hydrogen) atoms. The van der Waals surface area contributed by atoms with Crippen LogP contribution in [0.25, 0.3) is 0 Å². The van der Waals surface area contributed by atoms with Crippen LogP contribution in [0.2, 0.25) is 0 Å². The number of hydrogen-bond acceptors (Lipinski definition) is 5. The topological polar surface area (TPSA) is 99.1 Å². The molecule has 1 fully saturated rings. The number of para-hydroxylation sites is 1. The minimum Gasteiger partial charge on any atom is -0.410 e. The quantitative estimate of drug-likeness (QED) is 0.629. The lowest BCUT2D eigenvalue weighted by atomic mass is 10.1. The number of sulfonamides is 1. The van der Waals surface area contributed by atoms with Crippen LogP contribution in [0.4, 0.5) is 18.9 Å². The molecular weight excluding hydrogens is 351 g/mol. The number of oxime groups is 1. The monoisotopic (exact) mass is 365 g/mol. The van der Waals surface area contributed by atoms with Crippen molar-refractivity contribution in [3.8, 4) is 0 Å². The molecule has 2 N–H and O–H groups in total. The van der Waals surface area contributed by atoms with E-state index < -0.39 is 21.4 Å². The van der Waals surface area contributed by atoms with E-state index in [4.69, 9.17) is 5.21 Å². The third-order valence-corrected chi connectivity index (χ3v) is 4.65. The van der Waals surface area contributed by atoms with Gasteiger partial charge in [-0.3, -0.25) is 9.52 Å². The highest BCUT2D eigenvalue weighted by atomic mass is 32.2. The number of anilines is 1. The Labute approximate surface area is 135 Å². The molecule has 2 rings (SSSR count). The second-order valence-corrected chi connectivity index (χ2v) is 6.92. The summed E-state index contributed by atoms with van der Waals surface area (Å²) in [5, 5.41) is 11.6. The molecular formula is C13H14F3N3O4S. The average Bonchev–Trinajstić information content (AvgIpc) is 2.75. The number of benzene rings is 1. The van der Waals surface area contributed by atoms with Crippen molar-refractivity contribution in [2.45, 2.75) is 31.4 Å². The number of carbonyl (C=O) groups is 1. The Kier molecular flexibility index (Phi) is 4.74. The van der Waals surface area contributed by atoms with E-state index in [2.05, 4.69) is 5.16 Å². The predicted molar refractivity (Wildman–Crippen MR) is 78.9 cm³/mol. The van der Waals surface area contributed by atoms with Crippen LogP contribution >= 0.6 is 0 Å². The standard InChI is InChI=1S/C13H14F3N3O4S/c1-8-6-11(17-21)12(20)19(8)7-9-4-2-3-5-10(9)18-24(22,23)13(14,15)16/h2-5,8,18,21H,6-7H2,1H3. The van der Waals surface area contributed by atoms with Gasteiger partial charge in [-0.25, -0.2) is 0 Å². The van der Waals surface area contributed by atoms with E-state index in [0.717, 1.165) is 0 Å². The Hall–Kier alpha value is -2.30. The SMILES string of the molecule is CC1CC(=NO)C(=O)N1Cc1ccccc1NS(=O)(=O)C(F)(F)F. The number of hydrogen-bond donors (Lipinski definition) is 2. The van der Waals surface area contributed by atoms with E-state index in [0.29, 0.717) is 0 Å². The van der Waals surface area contributed by atoms with Gasteiger partial charge in [-0.05, 0) is 18.6 Å². The smallest absolute Gasteiger partial charge is 0.410 e. The highest BCUT2D eigenvalue weighted by molar-refractivity contribution is 7.93. The van der Waals surface area contributed by atoms with Crippen molar-refractivity contribution >= 4 is 27.3 Å². The maximum atomic E-state index is 12.5. The summed E-state index contributed by atoms with van der Waals surface area (Å²) in [6.45, 7) is 1.55. The molecule has 1 heterocycles. The van der Waals surface area contributed by atoms with Gasteiger partial charge in [-0.15, -0.1) is 0 Å². The van der Waals surface area contributed by atoms with Crippen LogP contribution in [0.5, 0.6) is 0 Å². The highest BCUT2D eigenvalue weighted by Gasteiger charge is 2.46. The fourth-order valence-electron chi connectivity index (χ4n) is 2.30. The Morgan fingerprint density at radius 1 is 1.38 bits per heavy atom. The van der Waals surface area contributed by atoms with Gasteiger partial charge in [0.05, 0.1) is 5.69 Å². The van der Waals surface area contributed by atoms with Gasteiger partial charge in [0.25, 0.3) is 5.91 Å². The molecule has 0 radical (unpaired) electrons. The normalized spacial score (nSPS) is 20.7. The minimum absolute atomic E-state index is 0.0594. The van der Waals surface area contributed by atoms with Crippen LogP contribution in [0.3, 0.4) is 0 Å². The van der Waals surface area contributed by atoms with Crippen LogP contribution in [-0.2, 0) is 21.4 Å². The van der Waals surface area contributed by atoms with E-state index in [1.807, 2.05) is 0 Å². The Morgan fingerprint density at radius 3 is 2.54 bits per heavy atom. The number of nitrogens with zero attached hydrogens (tertiary/aromatic N) is 2. The van der Waals surface area contributed by atoms with Crippen molar-refractivity contribution in [1.29, 1.82) is 0 Å². The molecule has 0 aliphatic carbocycles. The summed E-state index contributed by atoms with van der Waals surface area (Å²) in [6.07, 6.45) is 0.186. The van der Waals surface area contributed by atoms with Gasteiger partial charge in [0.1, 0.15) is 5.71 Å². The Balaban J connectivity index is 2.29. The van der Waals surface area contributed by atoms with E-state index in [1.165, 1.54) is 33.9 Å². The first-order chi connectivity index (χ1) is 11.1. The summed E-state index contributed by atoms with van der Waals surface area (Å²) >= 11 is 0. The first-order valence-electron chi connectivity index (χ1n) is 6.75. The van der Waals surface area contributed by atoms with Gasteiger partial charge in [0.15, 0.2) is 0 Å². The summed E-state index contributed by atoms with van der Waals surface area (Å²) in [5.41, 5.74) is -5.60. The highest BCUT2D eigenvalue weighted by Crippen LogP contribution is 2.28. The van der Waals surface area contributed by atoms with Gasteiger partial charge in [0.2, 0.25) is 0 Å². The summed E-state index contributed by atoms with van der Waals surface area (Å²) in [4.78, 5) is 13.3. The molecule has 0 aromatic heterocycles. The van der Waals surface area contributed by atoms with Crippen LogP contribution in [0, 0.1) is 0 Å². The van der Waals surface area contributed by atoms with E-state index in [9.17, 15) is 26.4 Å². The number of amides is 1. The molecule has 11 heteroatoms. The van der Waals surface area contributed by atoms with Gasteiger partial charge < -0.3 is 10.1 Å². The zero-order valence-electron chi connectivity index (χ0n) is 12.4. The molecule has 0 bridgehead atoms. The van der Waals surface area contributed by atoms with Gasteiger partial charge in [0, 0.05) is 19.0 Å². The molecule has 1 aromatic rings. The van der Waals surface area contributed by atoms with Crippen molar-refractivity contribution in [1.82, 2.24) is 4.90 Å². The summed E-state index contributed by atoms with van der Waals surface area (Å²) in [7, 11) is -5.57. The van der Waals surface area contributed by atoms with E-state index in [-0.39, 0.29) is 36.0 Å². The second kappa shape index (κ2) is 6.30. The molecule has 1 atom stereocenters. The molecule has 1 aliphatic heterocycles. The lowest BCUT2D eigenvalue weighted by Gasteiger charge is -2.22.